The van der Waals surface area contributed by atoms with Crippen molar-refractivity contribution in [2.75, 3.05) is 0 Å². The van der Waals surface area contributed by atoms with Crippen LogP contribution in [-0.2, 0) is 4.79 Å². The van der Waals surface area contributed by atoms with Crippen LogP contribution in [0.5, 0.6) is 0 Å². The number of hydrogen-bond donors (Lipinski definition) is 2. The number of rotatable bonds is 1. The van der Waals surface area contributed by atoms with Crippen molar-refractivity contribution in [3.05, 3.63) is 0 Å². The number of hydrogen-bond acceptors (Lipinski definition) is 2. The summed E-state index contributed by atoms with van der Waals surface area (Å²) in [5.41, 5.74) is 0. The summed E-state index contributed by atoms with van der Waals surface area (Å²) in [5.74, 6) is -2.64. The van der Waals surface area contributed by atoms with Crippen molar-refractivity contribution in [2.24, 2.45) is 5.92 Å². The maximum atomic E-state index is 12.8. The van der Waals surface area contributed by atoms with Crippen LogP contribution < -0.4 is 0 Å². The van der Waals surface area contributed by atoms with Crippen molar-refractivity contribution < 1.29 is 23.8 Å². The molecule has 1 aliphatic rings. The number of carboxylic acid groups (broad SMARTS) is 1. The summed E-state index contributed by atoms with van der Waals surface area (Å²) in [6, 6.07) is 0. The van der Waals surface area contributed by atoms with Crippen molar-refractivity contribution in [3.63, 3.8) is 0 Å². The average molecular weight is 180 g/mol. The molecular weight excluding hydrogens is 170 g/mol. The molecule has 0 spiro atoms. The number of alkyl halides is 2. The second-order valence-corrected chi connectivity index (χ2v) is 2.98. The highest BCUT2D eigenvalue weighted by atomic mass is 19.2. The van der Waals surface area contributed by atoms with Gasteiger partial charge in [-0.3, -0.25) is 4.79 Å². The molecule has 4 unspecified atom stereocenters. The highest BCUT2D eigenvalue weighted by Gasteiger charge is 2.42. The summed E-state index contributed by atoms with van der Waals surface area (Å²) >= 11 is 0. The summed E-state index contributed by atoms with van der Waals surface area (Å²) in [5, 5.41) is 17.3. The molecule has 0 radical (unpaired) electrons. The summed E-state index contributed by atoms with van der Waals surface area (Å²) in [7, 11) is 0. The van der Waals surface area contributed by atoms with Gasteiger partial charge in [-0.2, -0.15) is 0 Å². The summed E-state index contributed by atoms with van der Waals surface area (Å²) in [6.45, 7) is 0. The number of halogens is 2. The fraction of sp³-hybridized carbons (Fsp3) is 0.857. The minimum Gasteiger partial charge on any atom is -0.481 e. The van der Waals surface area contributed by atoms with Crippen LogP contribution in [0.3, 0.4) is 0 Å². The number of aliphatic hydroxyl groups is 1. The molecule has 0 heterocycles. The van der Waals surface area contributed by atoms with Crippen molar-refractivity contribution >= 4 is 5.97 Å². The van der Waals surface area contributed by atoms with Gasteiger partial charge in [0.05, 0.1) is 12.0 Å². The van der Waals surface area contributed by atoms with Crippen molar-refractivity contribution in [3.8, 4) is 0 Å². The van der Waals surface area contributed by atoms with E-state index in [4.69, 9.17) is 10.2 Å². The minimum absolute atomic E-state index is 0.00190. The molecule has 0 amide bonds. The Hall–Kier alpha value is -0.710. The van der Waals surface area contributed by atoms with Crippen LogP contribution in [0.4, 0.5) is 8.78 Å². The summed E-state index contributed by atoms with van der Waals surface area (Å²) < 4.78 is 25.5. The van der Waals surface area contributed by atoms with Gasteiger partial charge in [-0.25, -0.2) is 8.78 Å². The monoisotopic (exact) mass is 180 g/mol. The average Bonchev–Trinajstić information content (AvgIpc) is 2.00. The topological polar surface area (TPSA) is 57.5 Å². The fourth-order valence-corrected chi connectivity index (χ4v) is 1.36. The number of aliphatic carboxylic acids is 1. The molecule has 0 aliphatic heterocycles. The van der Waals surface area contributed by atoms with Gasteiger partial charge in [-0.15, -0.1) is 0 Å². The third kappa shape index (κ3) is 1.55. The molecule has 12 heavy (non-hydrogen) atoms. The second kappa shape index (κ2) is 3.35. The van der Waals surface area contributed by atoms with Crippen LogP contribution in [0, 0.1) is 5.92 Å². The molecule has 3 nitrogen and oxygen atoms in total. The first-order valence-electron chi connectivity index (χ1n) is 3.73. The zero-order valence-corrected chi connectivity index (χ0v) is 6.28. The highest BCUT2D eigenvalue weighted by molar-refractivity contribution is 5.71. The van der Waals surface area contributed by atoms with Gasteiger partial charge in [0.15, 0.2) is 6.17 Å². The molecule has 1 fully saturated rings. The van der Waals surface area contributed by atoms with Crippen LogP contribution in [0.1, 0.15) is 12.8 Å². The third-order valence-corrected chi connectivity index (χ3v) is 2.15. The summed E-state index contributed by atoms with van der Waals surface area (Å²) in [4.78, 5) is 10.3. The smallest absolute Gasteiger partial charge is 0.309 e. The Kier molecular flexibility index (Phi) is 2.62. The third-order valence-electron chi connectivity index (χ3n) is 2.15. The van der Waals surface area contributed by atoms with Crippen molar-refractivity contribution in [2.45, 2.75) is 31.3 Å². The normalized spacial score (nSPS) is 42.6. The van der Waals surface area contributed by atoms with E-state index in [1.165, 1.54) is 0 Å². The largest absolute Gasteiger partial charge is 0.481 e. The zero-order valence-electron chi connectivity index (χ0n) is 6.28. The Morgan fingerprint density at radius 3 is 2.33 bits per heavy atom. The number of carboxylic acids is 1. The van der Waals surface area contributed by atoms with Gasteiger partial charge in [0.25, 0.3) is 0 Å². The molecule has 0 aromatic rings. The van der Waals surface area contributed by atoms with Gasteiger partial charge < -0.3 is 10.2 Å². The van der Waals surface area contributed by atoms with E-state index in [1.807, 2.05) is 0 Å². The van der Waals surface area contributed by atoms with Gasteiger partial charge in [-0.05, 0) is 12.8 Å². The lowest BCUT2D eigenvalue weighted by atomic mass is 9.84. The highest BCUT2D eigenvalue weighted by Crippen LogP contribution is 2.29. The predicted octanol–water partition coefficient (Wildman–Crippen LogP) is 0.518. The van der Waals surface area contributed by atoms with Gasteiger partial charge in [0, 0.05) is 0 Å². The van der Waals surface area contributed by atoms with Crippen LogP contribution in [0.2, 0.25) is 0 Å². The van der Waals surface area contributed by atoms with E-state index in [0.29, 0.717) is 0 Å². The van der Waals surface area contributed by atoms with Gasteiger partial charge in [0.2, 0.25) is 0 Å². The zero-order chi connectivity index (χ0) is 9.30. The van der Waals surface area contributed by atoms with E-state index < -0.39 is 30.3 Å². The Morgan fingerprint density at radius 2 is 1.83 bits per heavy atom. The van der Waals surface area contributed by atoms with Crippen LogP contribution in [0.25, 0.3) is 0 Å². The number of carbonyl (C=O) groups is 1. The maximum Gasteiger partial charge on any atom is 0.309 e. The molecule has 0 aromatic heterocycles. The first-order valence-corrected chi connectivity index (χ1v) is 3.73. The second-order valence-electron chi connectivity index (χ2n) is 2.98. The van der Waals surface area contributed by atoms with Crippen molar-refractivity contribution in [1.82, 2.24) is 0 Å². The molecule has 1 aliphatic carbocycles. The molecule has 1 saturated carbocycles. The molecule has 0 saturated heterocycles. The van der Waals surface area contributed by atoms with E-state index in [2.05, 4.69) is 0 Å². The Morgan fingerprint density at radius 1 is 1.25 bits per heavy atom. The lowest BCUT2D eigenvalue weighted by Crippen LogP contribution is -2.44. The first kappa shape index (κ1) is 9.38. The van der Waals surface area contributed by atoms with Gasteiger partial charge in [0.1, 0.15) is 6.17 Å². The SMILES string of the molecule is O=C(O)C1CCC(O)C(F)C1F. The van der Waals surface area contributed by atoms with Crippen LogP contribution in [0.15, 0.2) is 0 Å². The lowest BCUT2D eigenvalue weighted by Gasteiger charge is -2.29. The molecule has 2 N–H and O–H groups in total. The van der Waals surface area contributed by atoms with Crippen LogP contribution in [-0.4, -0.2) is 34.6 Å². The molecule has 1 rings (SSSR count). The van der Waals surface area contributed by atoms with E-state index >= 15 is 0 Å². The maximum absolute atomic E-state index is 12.8. The van der Waals surface area contributed by atoms with Crippen LogP contribution >= 0.6 is 0 Å². The first-order chi connectivity index (χ1) is 5.54. The predicted molar refractivity (Wildman–Crippen MR) is 36.2 cm³/mol. The molecule has 70 valence electrons. The van der Waals surface area contributed by atoms with E-state index in [0.717, 1.165) is 0 Å². The van der Waals surface area contributed by atoms with E-state index in [-0.39, 0.29) is 12.8 Å². The summed E-state index contributed by atoms with van der Waals surface area (Å²) in [6.07, 6.45) is -5.47. The molecule has 4 atom stereocenters. The Bertz CT molecular complexity index is 185. The van der Waals surface area contributed by atoms with Gasteiger partial charge in [-0.1, -0.05) is 0 Å². The standard InChI is InChI=1S/C7H10F2O3/c8-5-3(7(11)12)1-2-4(10)6(5)9/h3-6,10H,1-2H2,(H,11,12). The molecular formula is C7H10F2O3. The quantitative estimate of drug-likeness (QED) is 0.618. The van der Waals surface area contributed by atoms with E-state index in [9.17, 15) is 13.6 Å². The molecule has 0 bridgehead atoms. The van der Waals surface area contributed by atoms with E-state index in [1.54, 1.807) is 0 Å². The molecule has 0 aromatic carbocycles. The fourth-order valence-electron chi connectivity index (χ4n) is 1.36. The number of aliphatic hydroxyl groups excluding tert-OH is 1. The lowest BCUT2D eigenvalue weighted by molar-refractivity contribution is -0.149. The van der Waals surface area contributed by atoms with Crippen molar-refractivity contribution in [1.29, 1.82) is 0 Å². The minimum atomic E-state index is -2.08. The van der Waals surface area contributed by atoms with Gasteiger partial charge >= 0.3 is 5.97 Å². The Labute approximate surface area is 68.0 Å². The molecule has 5 heteroatoms. The Balaban J connectivity index is 2.65.